The van der Waals surface area contributed by atoms with E-state index in [0.717, 1.165) is 16.5 Å². The summed E-state index contributed by atoms with van der Waals surface area (Å²) in [6, 6.07) is 19.2. The summed E-state index contributed by atoms with van der Waals surface area (Å²) in [5.74, 6) is -0.0878. The molecule has 0 aliphatic heterocycles. The van der Waals surface area contributed by atoms with Gasteiger partial charge >= 0.3 is 0 Å². The molecule has 0 atom stereocenters. The number of thioether (sulfide) groups is 1. The maximum atomic E-state index is 12.9. The lowest BCUT2D eigenvalue weighted by molar-refractivity contribution is -0.120. The van der Waals surface area contributed by atoms with Crippen LogP contribution in [0.25, 0.3) is 10.8 Å². The van der Waals surface area contributed by atoms with E-state index >= 15 is 0 Å². The van der Waals surface area contributed by atoms with Gasteiger partial charge in [0.1, 0.15) is 0 Å². The fraction of sp³-hybridized carbons (Fsp3) is 0.231. The summed E-state index contributed by atoms with van der Waals surface area (Å²) in [6.45, 7) is 4.88. The van der Waals surface area contributed by atoms with Crippen LogP contribution in [0.2, 0.25) is 0 Å². The van der Waals surface area contributed by atoms with Crippen LogP contribution in [-0.4, -0.2) is 25.9 Å². The predicted octanol–water partition coefficient (Wildman–Crippen LogP) is 4.20. The van der Waals surface area contributed by atoms with Gasteiger partial charge in [-0.1, -0.05) is 50.2 Å². The van der Waals surface area contributed by atoms with E-state index < -0.39 is 0 Å². The highest BCUT2D eigenvalue weighted by Crippen LogP contribution is 2.23. The number of nitrogens with zero attached hydrogens (tertiary/aromatic N) is 3. The predicted molar refractivity (Wildman–Crippen MR) is 132 cm³/mol. The Hall–Kier alpha value is -3.45. The average Bonchev–Trinajstić information content (AvgIpc) is 2.82. The fourth-order valence-electron chi connectivity index (χ4n) is 3.60. The summed E-state index contributed by atoms with van der Waals surface area (Å²) in [7, 11) is 0. The van der Waals surface area contributed by atoms with Crippen molar-refractivity contribution in [3.8, 4) is 0 Å². The fourth-order valence-corrected chi connectivity index (χ4v) is 4.43. The number of benzene rings is 2. The van der Waals surface area contributed by atoms with Crippen LogP contribution in [0, 0.1) is 0 Å². The zero-order valence-corrected chi connectivity index (χ0v) is 19.5. The number of hydrogen-bond acceptors (Lipinski definition) is 5. The summed E-state index contributed by atoms with van der Waals surface area (Å²) in [5.41, 5.74) is 2.34. The third-order valence-corrected chi connectivity index (χ3v) is 6.13. The highest BCUT2D eigenvalue weighted by atomic mass is 32.2. The summed E-state index contributed by atoms with van der Waals surface area (Å²) >= 11 is 1.80. The van der Waals surface area contributed by atoms with Crippen LogP contribution in [-0.2, 0) is 24.3 Å². The average molecular weight is 459 g/mol. The van der Waals surface area contributed by atoms with E-state index in [1.165, 1.54) is 9.58 Å². The molecule has 0 saturated heterocycles. The van der Waals surface area contributed by atoms with Crippen LogP contribution >= 0.6 is 11.8 Å². The van der Waals surface area contributed by atoms with Gasteiger partial charge in [0.15, 0.2) is 0 Å². The third-order valence-electron chi connectivity index (χ3n) is 5.11. The molecule has 2 aromatic heterocycles. The van der Waals surface area contributed by atoms with Crippen LogP contribution in [0.3, 0.4) is 0 Å². The first-order valence-electron chi connectivity index (χ1n) is 10.9. The molecule has 0 spiro atoms. The second-order valence-electron chi connectivity index (χ2n) is 8.08. The van der Waals surface area contributed by atoms with Gasteiger partial charge in [-0.15, -0.1) is 11.8 Å². The van der Waals surface area contributed by atoms with Crippen LogP contribution in [0.1, 0.15) is 30.7 Å². The molecule has 2 aromatic carbocycles. The molecule has 0 aliphatic rings. The molecular weight excluding hydrogens is 432 g/mol. The molecule has 2 heterocycles. The van der Waals surface area contributed by atoms with Gasteiger partial charge < -0.3 is 5.32 Å². The topological polar surface area (TPSA) is 76.9 Å². The Morgan fingerprint density at radius 1 is 1.00 bits per heavy atom. The maximum absolute atomic E-state index is 12.9. The molecule has 7 heteroatoms. The molecule has 0 fully saturated rings. The molecule has 168 valence electrons. The van der Waals surface area contributed by atoms with Gasteiger partial charge in [0.25, 0.3) is 5.56 Å². The van der Waals surface area contributed by atoms with Gasteiger partial charge in [0, 0.05) is 27.9 Å². The Morgan fingerprint density at radius 2 is 1.76 bits per heavy atom. The van der Waals surface area contributed by atoms with Crippen molar-refractivity contribution in [1.82, 2.24) is 20.1 Å². The first kappa shape index (κ1) is 22.7. The lowest BCUT2D eigenvalue weighted by atomic mass is 10.1. The summed E-state index contributed by atoms with van der Waals surface area (Å²) < 4.78 is 1.44. The van der Waals surface area contributed by atoms with Crippen molar-refractivity contribution < 1.29 is 4.79 Å². The molecule has 0 aliphatic carbocycles. The van der Waals surface area contributed by atoms with E-state index in [4.69, 9.17) is 0 Å². The van der Waals surface area contributed by atoms with Crippen LogP contribution < -0.4 is 10.9 Å². The highest BCUT2D eigenvalue weighted by Gasteiger charge is 2.12. The van der Waals surface area contributed by atoms with Gasteiger partial charge in [0.2, 0.25) is 5.91 Å². The van der Waals surface area contributed by atoms with Crippen LogP contribution in [0.5, 0.6) is 0 Å². The Kier molecular flexibility index (Phi) is 7.19. The second kappa shape index (κ2) is 10.4. The largest absolute Gasteiger partial charge is 0.350 e. The van der Waals surface area contributed by atoms with Crippen molar-refractivity contribution in [2.45, 2.75) is 43.5 Å². The minimum atomic E-state index is -0.163. The van der Waals surface area contributed by atoms with Crippen molar-refractivity contribution in [3.05, 3.63) is 100 Å². The van der Waals surface area contributed by atoms with Gasteiger partial charge in [-0.3, -0.25) is 14.6 Å². The zero-order valence-electron chi connectivity index (χ0n) is 18.7. The minimum absolute atomic E-state index is 0.0878. The quantitative estimate of drug-likeness (QED) is 0.401. The smallest absolute Gasteiger partial charge is 0.274 e. The molecule has 0 bridgehead atoms. The van der Waals surface area contributed by atoms with Gasteiger partial charge in [-0.25, -0.2) is 4.68 Å². The summed E-state index contributed by atoms with van der Waals surface area (Å²) in [5, 5.41) is 9.38. The van der Waals surface area contributed by atoms with Crippen LogP contribution in [0.4, 0.5) is 0 Å². The lowest BCUT2D eigenvalue weighted by Gasteiger charge is -2.12. The Bertz CT molecular complexity index is 1300. The third kappa shape index (κ3) is 5.87. The number of carbonyl (C=O) groups is 1. The van der Waals surface area contributed by atoms with E-state index in [0.29, 0.717) is 29.3 Å². The first-order valence-corrected chi connectivity index (χ1v) is 11.8. The number of aromatic nitrogens is 3. The van der Waals surface area contributed by atoms with Crippen molar-refractivity contribution in [3.63, 3.8) is 0 Å². The Morgan fingerprint density at radius 3 is 2.45 bits per heavy atom. The standard InChI is InChI=1S/C26H26N4O2S/c1-18(2)33-21-11-9-19(10-12-21)14-25(31)28-16-24-22-7-3-4-8-23(22)26(32)30(29-24)17-20-6-5-13-27-15-20/h3-13,15,18H,14,16-17H2,1-2H3,(H,28,31). The van der Waals surface area contributed by atoms with Gasteiger partial charge in [-0.2, -0.15) is 5.10 Å². The number of pyridine rings is 1. The van der Waals surface area contributed by atoms with Crippen molar-refractivity contribution in [1.29, 1.82) is 0 Å². The van der Waals surface area contributed by atoms with Gasteiger partial charge in [-0.05, 0) is 35.4 Å². The molecule has 0 unspecified atom stereocenters. The van der Waals surface area contributed by atoms with Crippen molar-refractivity contribution in [2.75, 3.05) is 0 Å². The second-order valence-corrected chi connectivity index (χ2v) is 9.73. The maximum Gasteiger partial charge on any atom is 0.274 e. The Labute approximate surface area is 197 Å². The van der Waals surface area contributed by atoms with E-state index in [-0.39, 0.29) is 18.0 Å². The minimum Gasteiger partial charge on any atom is -0.350 e. The zero-order chi connectivity index (χ0) is 23.2. The molecular formula is C26H26N4O2S. The number of carbonyl (C=O) groups excluding carboxylic acids is 1. The number of hydrogen-bond donors (Lipinski definition) is 1. The molecule has 4 rings (SSSR count). The molecule has 0 radical (unpaired) electrons. The number of fused-ring (bicyclic) bond motifs is 1. The highest BCUT2D eigenvalue weighted by molar-refractivity contribution is 7.99. The van der Waals surface area contributed by atoms with Gasteiger partial charge in [0.05, 0.1) is 30.6 Å². The normalized spacial score (nSPS) is 11.1. The molecule has 33 heavy (non-hydrogen) atoms. The number of amides is 1. The molecule has 4 aromatic rings. The lowest BCUT2D eigenvalue weighted by Crippen LogP contribution is -2.29. The Balaban J connectivity index is 1.50. The number of rotatable bonds is 8. The molecule has 0 saturated carbocycles. The summed E-state index contributed by atoms with van der Waals surface area (Å²) in [4.78, 5) is 30.9. The first-order chi connectivity index (χ1) is 16.0. The molecule has 1 N–H and O–H groups in total. The van der Waals surface area contributed by atoms with Crippen LogP contribution in [0.15, 0.2) is 82.7 Å². The van der Waals surface area contributed by atoms with E-state index in [9.17, 15) is 9.59 Å². The molecule has 1 amide bonds. The number of nitrogens with one attached hydrogen (secondary N) is 1. The van der Waals surface area contributed by atoms with E-state index in [1.807, 2.05) is 42.5 Å². The molecule has 6 nitrogen and oxygen atoms in total. The SMILES string of the molecule is CC(C)Sc1ccc(CC(=O)NCc2nn(Cc3cccnc3)c(=O)c3ccccc23)cc1. The monoisotopic (exact) mass is 458 g/mol. The summed E-state index contributed by atoms with van der Waals surface area (Å²) in [6.07, 6.45) is 3.70. The van der Waals surface area contributed by atoms with Crippen molar-refractivity contribution in [2.24, 2.45) is 0 Å². The van der Waals surface area contributed by atoms with E-state index in [1.54, 1.807) is 30.2 Å². The van der Waals surface area contributed by atoms with Crippen molar-refractivity contribution >= 4 is 28.4 Å². The van der Waals surface area contributed by atoms with E-state index in [2.05, 4.69) is 41.4 Å².